The van der Waals surface area contributed by atoms with Crippen LogP contribution in [-0.2, 0) is 17.8 Å². The highest BCUT2D eigenvalue weighted by Crippen LogP contribution is 2.32. The van der Waals surface area contributed by atoms with Gasteiger partial charge in [-0.05, 0) is 32.0 Å². The monoisotopic (exact) mass is 422 g/mol. The molecule has 0 bridgehead atoms. The Bertz CT molecular complexity index is 1060. The van der Waals surface area contributed by atoms with Crippen molar-refractivity contribution in [3.05, 3.63) is 82.7 Å². The van der Waals surface area contributed by atoms with E-state index in [9.17, 15) is 9.18 Å². The fourth-order valence-corrected chi connectivity index (χ4v) is 4.18. The molecule has 0 atom stereocenters. The standard InChI is InChI=1S/C24H27FN4O2/c1-17-22(28-11-13-31-14-12-28)18(2)29(16-19-7-3-4-9-21(19)25)23(17)24(30)27-15-20-8-5-6-10-26-20/h3-10H,11-16H2,1-2H3,(H,27,30). The number of halogens is 1. The maximum atomic E-state index is 14.4. The fraction of sp³-hybridized carbons (Fsp3) is 0.333. The van der Waals surface area contributed by atoms with Gasteiger partial charge < -0.3 is 19.5 Å². The third kappa shape index (κ3) is 4.46. The van der Waals surface area contributed by atoms with Crippen molar-refractivity contribution >= 4 is 11.6 Å². The van der Waals surface area contributed by atoms with Crippen LogP contribution in [0.4, 0.5) is 10.1 Å². The van der Waals surface area contributed by atoms with Gasteiger partial charge in [0, 0.05) is 36.1 Å². The largest absolute Gasteiger partial charge is 0.378 e. The third-order valence-corrected chi connectivity index (χ3v) is 5.71. The molecule has 1 aliphatic heterocycles. The normalized spacial score (nSPS) is 14.0. The number of rotatable bonds is 6. The van der Waals surface area contributed by atoms with Crippen LogP contribution in [0.15, 0.2) is 48.7 Å². The Hall–Kier alpha value is -3.19. The second-order valence-electron chi connectivity index (χ2n) is 7.69. The molecule has 6 nitrogen and oxygen atoms in total. The quantitative estimate of drug-likeness (QED) is 0.661. The molecule has 4 rings (SSSR count). The third-order valence-electron chi connectivity index (χ3n) is 5.71. The summed E-state index contributed by atoms with van der Waals surface area (Å²) in [4.78, 5) is 19.8. The number of amides is 1. The maximum Gasteiger partial charge on any atom is 0.268 e. The van der Waals surface area contributed by atoms with Crippen molar-refractivity contribution in [3.8, 4) is 0 Å². The summed E-state index contributed by atoms with van der Waals surface area (Å²) < 4.78 is 21.8. The lowest BCUT2D eigenvalue weighted by atomic mass is 10.1. The van der Waals surface area contributed by atoms with Gasteiger partial charge in [0.05, 0.1) is 37.7 Å². The molecule has 1 N–H and O–H groups in total. The minimum Gasteiger partial charge on any atom is -0.378 e. The first kappa shape index (κ1) is 21.1. The number of nitrogens with one attached hydrogen (secondary N) is 1. The molecule has 0 unspecified atom stereocenters. The van der Waals surface area contributed by atoms with Gasteiger partial charge in [0.2, 0.25) is 0 Å². The summed E-state index contributed by atoms with van der Waals surface area (Å²) >= 11 is 0. The smallest absolute Gasteiger partial charge is 0.268 e. The number of benzene rings is 1. The van der Waals surface area contributed by atoms with Gasteiger partial charge in [-0.3, -0.25) is 9.78 Å². The van der Waals surface area contributed by atoms with Crippen molar-refractivity contribution < 1.29 is 13.9 Å². The summed E-state index contributed by atoms with van der Waals surface area (Å²) in [6.45, 7) is 7.41. The molecule has 1 aromatic carbocycles. The van der Waals surface area contributed by atoms with Crippen LogP contribution in [0, 0.1) is 19.7 Å². The predicted molar refractivity (Wildman–Crippen MR) is 118 cm³/mol. The fourth-order valence-electron chi connectivity index (χ4n) is 4.18. The zero-order valence-electron chi connectivity index (χ0n) is 17.9. The lowest BCUT2D eigenvalue weighted by Crippen LogP contribution is -2.36. The number of hydrogen-bond acceptors (Lipinski definition) is 4. The topological polar surface area (TPSA) is 59.4 Å². The molecule has 1 fully saturated rings. The molecular formula is C24H27FN4O2. The highest BCUT2D eigenvalue weighted by atomic mass is 19.1. The summed E-state index contributed by atoms with van der Waals surface area (Å²) in [7, 11) is 0. The van der Waals surface area contributed by atoms with Gasteiger partial charge in [-0.25, -0.2) is 4.39 Å². The van der Waals surface area contributed by atoms with Crippen molar-refractivity contribution in [1.29, 1.82) is 0 Å². The van der Waals surface area contributed by atoms with Crippen LogP contribution in [0.25, 0.3) is 0 Å². The van der Waals surface area contributed by atoms with Crippen LogP contribution in [-0.4, -0.2) is 41.8 Å². The average Bonchev–Trinajstić information content (AvgIpc) is 3.04. The Balaban J connectivity index is 1.70. The Morgan fingerprint density at radius 3 is 2.58 bits per heavy atom. The zero-order chi connectivity index (χ0) is 21.8. The van der Waals surface area contributed by atoms with Crippen LogP contribution < -0.4 is 10.2 Å². The molecule has 0 aliphatic carbocycles. The lowest BCUT2D eigenvalue weighted by Gasteiger charge is -2.29. The second-order valence-corrected chi connectivity index (χ2v) is 7.69. The van der Waals surface area contributed by atoms with Gasteiger partial charge in [0.1, 0.15) is 11.5 Å². The molecule has 3 aromatic rings. The number of carbonyl (C=O) groups is 1. The van der Waals surface area contributed by atoms with Gasteiger partial charge in [-0.2, -0.15) is 0 Å². The molecule has 162 valence electrons. The highest BCUT2D eigenvalue weighted by Gasteiger charge is 2.27. The summed E-state index contributed by atoms with van der Waals surface area (Å²) in [5.74, 6) is -0.469. The molecule has 31 heavy (non-hydrogen) atoms. The maximum absolute atomic E-state index is 14.4. The van der Waals surface area contributed by atoms with Gasteiger partial charge in [-0.1, -0.05) is 24.3 Å². The number of hydrogen-bond donors (Lipinski definition) is 1. The van der Waals surface area contributed by atoms with E-state index in [2.05, 4.69) is 15.2 Å². The van der Waals surface area contributed by atoms with Crippen molar-refractivity contribution in [2.45, 2.75) is 26.9 Å². The number of carbonyl (C=O) groups excluding carboxylic acids is 1. The molecule has 7 heteroatoms. The van der Waals surface area contributed by atoms with E-state index in [0.717, 1.165) is 35.7 Å². The highest BCUT2D eigenvalue weighted by molar-refractivity contribution is 5.96. The van der Waals surface area contributed by atoms with Crippen molar-refractivity contribution in [3.63, 3.8) is 0 Å². The van der Waals surface area contributed by atoms with Crippen molar-refractivity contribution in [2.24, 2.45) is 0 Å². The van der Waals surface area contributed by atoms with E-state index < -0.39 is 0 Å². The van der Waals surface area contributed by atoms with Crippen molar-refractivity contribution in [1.82, 2.24) is 14.9 Å². The summed E-state index contributed by atoms with van der Waals surface area (Å²) in [6.07, 6.45) is 1.70. The van der Waals surface area contributed by atoms with Crippen LogP contribution >= 0.6 is 0 Å². The molecular weight excluding hydrogens is 395 g/mol. The summed E-state index contributed by atoms with van der Waals surface area (Å²) in [6, 6.07) is 12.3. The van der Waals surface area contributed by atoms with Crippen molar-refractivity contribution in [2.75, 3.05) is 31.2 Å². The van der Waals surface area contributed by atoms with Crippen LogP contribution in [0.5, 0.6) is 0 Å². The van der Waals surface area contributed by atoms with Crippen LogP contribution in [0.2, 0.25) is 0 Å². The molecule has 0 saturated carbocycles. The number of nitrogens with zero attached hydrogens (tertiary/aromatic N) is 3. The van der Waals surface area contributed by atoms with E-state index in [1.807, 2.05) is 42.7 Å². The summed E-state index contributed by atoms with van der Waals surface area (Å²) in [5.41, 5.74) is 4.76. The zero-order valence-corrected chi connectivity index (χ0v) is 17.9. The van der Waals surface area contributed by atoms with Crippen LogP contribution in [0.1, 0.15) is 33.0 Å². The SMILES string of the molecule is Cc1c(N2CCOCC2)c(C)n(Cc2ccccc2F)c1C(=O)NCc1ccccn1. The number of anilines is 1. The molecule has 0 radical (unpaired) electrons. The van der Waals surface area contributed by atoms with Crippen LogP contribution in [0.3, 0.4) is 0 Å². The molecule has 1 amide bonds. The molecule has 3 heterocycles. The number of ether oxygens (including phenoxy) is 1. The minimum atomic E-state index is -0.277. The summed E-state index contributed by atoms with van der Waals surface area (Å²) in [5, 5.41) is 2.98. The molecule has 1 aliphatic rings. The van der Waals surface area contributed by atoms with E-state index in [1.54, 1.807) is 18.3 Å². The van der Waals surface area contributed by atoms with Gasteiger partial charge in [0.25, 0.3) is 5.91 Å². The van der Waals surface area contributed by atoms with E-state index in [4.69, 9.17) is 4.74 Å². The van der Waals surface area contributed by atoms with Gasteiger partial charge >= 0.3 is 0 Å². The van der Waals surface area contributed by atoms with E-state index in [1.165, 1.54) is 6.07 Å². The average molecular weight is 423 g/mol. The second kappa shape index (κ2) is 9.31. The number of pyridine rings is 1. The molecule has 0 spiro atoms. The number of aromatic nitrogens is 2. The first-order valence-electron chi connectivity index (χ1n) is 10.5. The van der Waals surface area contributed by atoms with Gasteiger partial charge in [0.15, 0.2) is 0 Å². The molecule has 2 aromatic heterocycles. The molecule has 1 saturated heterocycles. The Labute approximate surface area is 181 Å². The Morgan fingerprint density at radius 2 is 1.87 bits per heavy atom. The Morgan fingerprint density at radius 1 is 1.13 bits per heavy atom. The van der Waals surface area contributed by atoms with E-state index >= 15 is 0 Å². The Kier molecular flexibility index (Phi) is 6.32. The van der Waals surface area contributed by atoms with E-state index in [0.29, 0.717) is 31.0 Å². The van der Waals surface area contributed by atoms with Gasteiger partial charge in [-0.15, -0.1) is 0 Å². The predicted octanol–water partition coefficient (Wildman–Crippen LogP) is 3.45. The first-order chi connectivity index (χ1) is 15.1. The number of morpholine rings is 1. The van der Waals surface area contributed by atoms with E-state index in [-0.39, 0.29) is 18.3 Å². The lowest BCUT2D eigenvalue weighted by molar-refractivity contribution is 0.0940. The minimum absolute atomic E-state index is 0.192. The first-order valence-corrected chi connectivity index (χ1v) is 10.5.